The third-order valence-electron chi connectivity index (χ3n) is 11.2. The van der Waals surface area contributed by atoms with E-state index in [2.05, 4.69) is 43.4 Å². The van der Waals surface area contributed by atoms with Crippen LogP contribution in [-0.2, 0) is 6.54 Å². The van der Waals surface area contributed by atoms with Gasteiger partial charge in [-0.1, -0.05) is 50.2 Å². The molecule has 0 fully saturated rings. The fourth-order valence-corrected chi connectivity index (χ4v) is 7.85. The van der Waals surface area contributed by atoms with Crippen LogP contribution in [-0.4, -0.2) is 86.7 Å². The van der Waals surface area contributed by atoms with Crippen molar-refractivity contribution < 1.29 is 33.3 Å². The fourth-order valence-electron chi connectivity index (χ4n) is 7.85. The van der Waals surface area contributed by atoms with E-state index < -0.39 is 0 Å². The monoisotopic (exact) mass is 809 g/mol. The molecular weight excluding hydrogens is 759 g/mol. The zero-order valence-electron chi connectivity index (χ0n) is 34.8. The molecule has 4 aromatic rings. The molecule has 12 nitrogen and oxygen atoms in total. The number of rotatable bonds is 16. The van der Waals surface area contributed by atoms with E-state index in [1.165, 1.54) is 5.56 Å². The van der Waals surface area contributed by atoms with E-state index in [1.54, 1.807) is 55.4 Å². The van der Waals surface area contributed by atoms with E-state index in [4.69, 9.17) is 33.7 Å². The summed E-state index contributed by atoms with van der Waals surface area (Å²) in [4.78, 5) is 40.6. The van der Waals surface area contributed by atoms with Crippen LogP contribution in [0, 0.1) is 0 Å². The number of aliphatic imine (C=N–C) groups is 2. The first-order valence-electron chi connectivity index (χ1n) is 20.5. The van der Waals surface area contributed by atoms with E-state index >= 15 is 0 Å². The fraction of sp³-hybridized carbons (Fsp3) is 0.333. The summed E-state index contributed by atoms with van der Waals surface area (Å²) in [7, 11) is 4.78. The minimum atomic E-state index is -0.184. The van der Waals surface area contributed by atoms with Gasteiger partial charge in [-0.3, -0.25) is 19.6 Å². The average molecular weight is 810 g/mol. The number of hydrogen-bond acceptors (Lipinski definition) is 10. The van der Waals surface area contributed by atoms with E-state index in [0.717, 1.165) is 53.8 Å². The summed E-state index contributed by atoms with van der Waals surface area (Å²) >= 11 is 0. The molecule has 4 aliphatic rings. The van der Waals surface area contributed by atoms with Crippen molar-refractivity contribution in [1.29, 1.82) is 0 Å². The quantitative estimate of drug-likeness (QED) is 0.112. The first kappa shape index (κ1) is 40.4. The van der Waals surface area contributed by atoms with Crippen LogP contribution in [0.5, 0.6) is 28.7 Å². The predicted molar refractivity (Wildman–Crippen MR) is 234 cm³/mol. The van der Waals surface area contributed by atoms with Gasteiger partial charge in [0.25, 0.3) is 11.8 Å². The summed E-state index contributed by atoms with van der Waals surface area (Å²) in [6.07, 6.45) is 11.3. The zero-order chi connectivity index (χ0) is 41.8. The van der Waals surface area contributed by atoms with Crippen molar-refractivity contribution in [3.63, 3.8) is 0 Å². The molecule has 0 unspecified atom stereocenters. The molecule has 310 valence electrons. The largest absolute Gasteiger partial charge is 0.497 e. The van der Waals surface area contributed by atoms with Gasteiger partial charge < -0.3 is 38.8 Å². The SMILES string of the molecule is COc1ccc(C2=CN3C(=O)c4cc(OC)c(OCCCCCOc5cc6c(cc5OC)C(=O)N5C=C(c7ccc(CNC(C)C)cc7)C[C@H]5C=N6)cc4N=C[C@@H]3C2)cc1. The summed E-state index contributed by atoms with van der Waals surface area (Å²) in [5.74, 6) is 2.57. The van der Waals surface area contributed by atoms with Crippen LogP contribution in [0.15, 0.2) is 95.2 Å². The predicted octanol–water partition coefficient (Wildman–Crippen LogP) is 8.78. The van der Waals surface area contributed by atoms with Crippen LogP contribution >= 0.6 is 0 Å². The molecule has 60 heavy (non-hydrogen) atoms. The molecular formula is C48H51N5O7. The number of fused-ring (bicyclic) bond motifs is 4. The van der Waals surface area contributed by atoms with Gasteiger partial charge in [0.2, 0.25) is 0 Å². The number of nitrogens with one attached hydrogen (secondary N) is 1. The Morgan fingerprint density at radius 3 is 1.57 bits per heavy atom. The number of nitrogens with zero attached hydrogens (tertiary/aromatic N) is 4. The second-order valence-corrected chi connectivity index (χ2v) is 15.6. The second-order valence-electron chi connectivity index (χ2n) is 15.6. The third kappa shape index (κ3) is 8.51. The number of carbonyl (C=O) groups excluding carboxylic acids is 2. The summed E-state index contributed by atoms with van der Waals surface area (Å²) < 4.78 is 29.0. The lowest BCUT2D eigenvalue weighted by molar-refractivity contribution is 0.0809. The van der Waals surface area contributed by atoms with Crippen molar-refractivity contribution in [2.45, 2.75) is 70.6 Å². The highest BCUT2D eigenvalue weighted by Crippen LogP contribution is 2.42. The second kappa shape index (κ2) is 17.8. The first-order valence-corrected chi connectivity index (χ1v) is 20.5. The van der Waals surface area contributed by atoms with Crippen LogP contribution in [0.4, 0.5) is 11.4 Å². The lowest BCUT2D eigenvalue weighted by Crippen LogP contribution is -2.32. The Hall–Kier alpha value is -6.40. The Labute approximate surface area is 351 Å². The standard InChI is InChI=1S/C48H51N5O7/c1-30(2)49-25-31-9-11-32(12-10-31)34-19-36-26-50-41-23-45(43(57-4)21-39(41)47(54)52(36)28-34)59-17-7-6-8-18-60-46-24-42-40(22-44(46)58-5)48(55)53-29-35(20-37(53)27-51-42)33-13-15-38(56-3)16-14-33/h9-16,21-24,26-30,36-37,49H,6-8,17-20,25H2,1-5H3/t36-,37-/m0/s1. The smallest absolute Gasteiger partial charge is 0.260 e. The minimum absolute atomic E-state index is 0.119. The van der Waals surface area contributed by atoms with Crippen molar-refractivity contribution in [3.05, 3.63) is 113 Å². The molecule has 12 heteroatoms. The van der Waals surface area contributed by atoms with Crippen molar-refractivity contribution in [1.82, 2.24) is 15.1 Å². The number of amides is 2. The molecule has 0 bridgehead atoms. The summed E-state index contributed by atoms with van der Waals surface area (Å²) in [6, 6.07) is 23.4. The molecule has 0 aliphatic carbocycles. The Bertz CT molecular complexity index is 2370. The maximum absolute atomic E-state index is 13.8. The summed E-state index contributed by atoms with van der Waals surface area (Å²) in [5, 5.41) is 3.45. The lowest BCUT2D eigenvalue weighted by atomic mass is 10.0. The van der Waals surface area contributed by atoms with Crippen LogP contribution in [0.1, 0.15) is 83.4 Å². The van der Waals surface area contributed by atoms with Gasteiger partial charge in [0.05, 0.1) is 69.1 Å². The van der Waals surface area contributed by atoms with Crippen LogP contribution in [0.3, 0.4) is 0 Å². The maximum atomic E-state index is 13.8. The van der Waals surface area contributed by atoms with Gasteiger partial charge in [0, 0.05) is 62.4 Å². The van der Waals surface area contributed by atoms with Gasteiger partial charge in [-0.2, -0.15) is 0 Å². The number of unbranched alkanes of at least 4 members (excludes halogenated alkanes) is 2. The Kier molecular flexibility index (Phi) is 12.0. The molecule has 4 aliphatic heterocycles. The number of carbonyl (C=O) groups is 2. The highest BCUT2D eigenvalue weighted by atomic mass is 16.5. The molecule has 0 saturated heterocycles. The summed E-state index contributed by atoms with van der Waals surface area (Å²) in [6.45, 7) is 5.99. The maximum Gasteiger partial charge on any atom is 0.260 e. The Morgan fingerprint density at radius 2 is 1.12 bits per heavy atom. The molecule has 1 N–H and O–H groups in total. The van der Waals surface area contributed by atoms with E-state index in [-0.39, 0.29) is 23.9 Å². The molecule has 4 heterocycles. The number of methoxy groups -OCH3 is 3. The highest BCUT2D eigenvalue weighted by Gasteiger charge is 2.35. The van der Waals surface area contributed by atoms with Crippen LogP contribution < -0.4 is 29.0 Å². The van der Waals surface area contributed by atoms with Gasteiger partial charge in [0.15, 0.2) is 23.0 Å². The topological polar surface area (TPSA) is 124 Å². The lowest BCUT2D eigenvalue weighted by Gasteiger charge is -2.19. The van der Waals surface area contributed by atoms with Gasteiger partial charge in [0.1, 0.15) is 5.75 Å². The van der Waals surface area contributed by atoms with Crippen LogP contribution in [0.25, 0.3) is 11.1 Å². The average Bonchev–Trinajstić information content (AvgIpc) is 3.85. The molecule has 0 spiro atoms. The van der Waals surface area contributed by atoms with E-state index in [9.17, 15) is 9.59 Å². The highest BCUT2D eigenvalue weighted by molar-refractivity contribution is 6.06. The molecule has 2 atom stereocenters. The van der Waals surface area contributed by atoms with Crippen molar-refractivity contribution in [2.24, 2.45) is 9.98 Å². The minimum Gasteiger partial charge on any atom is -0.497 e. The molecule has 0 radical (unpaired) electrons. The van der Waals surface area contributed by atoms with E-state index in [0.29, 0.717) is 77.6 Å². The van der Waals surface area contributed by atoms with Gasteiger partial charge >= 0.3 is 0 Å². The number of ether oxygens (including phenoxy) is 5. The molecule has 4 aromatic carbocycles. The molecule has 2 amide bonds. The molecule has 0 aromatic heterocycles. The van der Waals surface area contributed by atoms with Gasteiger partial charge in [-0.05, 0) is 71.4 Å². The Balaban J connectivity index is 0.836. The van der Waals surface area contributed by atoms with Crippen molar-refractivity contribution >= 4 is 46.8 Å². The van der Waals surface area contributed by atoms with Gasteiger partial charge in [-0.15, -0.1) is 0 Å². The van der Waals surface area contributed by atoms with Gasteiger partial charge in [-0.25, -0.2) is 0 Å². The van der Waals surface area contributed by atoms with Crippen molar-refractivity contribution in [3.8, 4) is 28.7 Å². The van der Waals surface area contributed by atoms with E-state index in [1.807, 2.05) is 49.1 Å². The number of benzene rings is 4. The van der Waals surface area contributed by atoms with Crippen molar-refractivity contribution in [2.75, 3.05) is 34.5 Å². The normalized spacial score (nSPS) is 17.6. The molecule has 8 rings (SSSR count). The number of hydrogen-bond donors (Lipinski definition) is 1. The Morgan fingerprint density at radius 1 is 0.633 bits per heavy atom. The van der Waals surface area contributed by atoms with Crippen LogP contribution in [0.2, 0.25) is 0 Å². The zero-order valence-corrected chi connectivity index (χ0v) is 34.8. The third-order valence-corrected chi connectivity index (χ3v) is 11.2. The first-order chi connectivity index (χ1) is 29.2. The summed E-state index contributed by atoms with van der Waals surface area (Å²) in [5.41, 5.74) is 7.58. The molecule has 0 saturated carbocycles.